The van der Waals surface area contributed by atoms with Crippen molar-refractivity contribution in [1.82, 2.24) is 4.90 Å². The van der Waals surface area contributed by atoms with Crippen LogP contribution in [0.25, 0.3) is 0 Å². The molecular formula is C20H35NO. The molecule has 0 aromatic heterocycles. The van der Waals surface area contributed by atoms with Crippen LogP contribution < -0.4 is 0 Å². The first-order valence-corrected chi connectivity index (χ1v) is 9.04. The standard InChI is InChI=1S/C20H35NO/c1-6-20(5,7-2)22-19(21(8-3)9-4)17-13-16-18-14-11-10-12-15-18/h10-12,14-15,19H,6-9,13,16-17H2,1-5H3. The molecular weight excluding hydrogens is 270 g/mol. The van der Waals surface area contributed by atoms with Crippen molar-refractivity contribution in [3.63, 3.8) is 0 Å². The second kappa shape index (κ2) is 10.0. The number of nitrogens with zero attached hydrogens (tertiary/aromatic N) is 1. The zero-order chi connectivity index (χ0) is 16.4. The van der Waals surface area contributed by atoms with E-state index in [-0.39, 0.29) is 11.8 Å². The van der Waals surface area contributed by atoms with Crippen LogP contribution in [0.2, 0.25) is 0 Å². The van der Waals surface area contributed by atoms with Crippen LogP contribution in [0.4, 0.5) is 0 Å². The van der Waals surface area contributed by atoms with Crippen molar-refractivity contribution < 1.29 is 4.74 Å². The fourth-order valence-electron chi connectivity index (χ4n) is 2.82. The highest BCUT2D eigenvalue weighted by molar-refractivity contribution is 5.14. The number of ether oxygens (including phenoxy) is 1. The van der Waals surface area contributed by atoms with E-state index < -0.39 is 0 Å². The van der Waals surface area contributed by atoms with E-state index in [2.05, 4.69) is 69.9 Å². The molecule has 0 radical (unpaired) electrons. The fraction of sp³-hybridized carbons (Fsp3) is 0.700. The Morgan fingerprint density at radius 3 is 2.09 bits per heavy atom. The average molecular weight is 306 g/mol. The van der Waals surface area contributed by atoms with Gasteiger partial charge in [-0.3, -0.25) is 4.90 Å². The molecule has 0 aliphatic carbocycles. The average Bonchev–Trinajstić information content (AvgIpc) is 2.56. The predicted molar refractivity (Wildman–Crippen MR) is 96.2 cm³/mol. The Morgan fingerprint density at radius 2 is 1.59 bits per heavy atom. The highest BCUT2D eigenvalue weighted by Crippen LogP contribution is 2.25. The fourth-order valence-corrected chi connectivity index (χ4v) is 2.82. The summed E-state index contributed by atoms with van der Waals surface area (Å²) >= 11 is 0. The summed E-state index contributed by atoms with van der Waals surface area (Å²) in [6.45, 7) is 13.3. The highest BCUT2D eigenvalue weighted by Gasteiger charge is 2.27. The molecule has 0 saturated heterocycles. The van der Waals surface area contributed by atoms with Crippen molar-refractivity contribution in [3.8, 4) is 0 Å². The lowest BCUT2D eigenvalue weighted by Crippen LogP contribution is -2.43. The van der Waals surface area contributed by atoms with Gasteiger partial charge in [0.25, 0.3) is 0 Å². The minimum atomic E-state index is 0.00000354. The predicted octanol–water partition coefficient (Wildman–Crippen LogP) is 5.27. The van der Waals surface area contributed by atoms with E-state index >= 15 is 0 Å². The summed E-state index contributed by atoms with van der Waals surface area (Å²) in [6.07, 6.45) is 5.79. The first-order chi connectivity index (χ1) is 10.6. The Morgan fingerprint density at radius 1 is 1.00 bits per heavy atom. The lowest BCUT2D eigenvalue weighted by atomic mass is 9.99. The van der Waals surface area contributed by atoms with Gasteiger partial charge in [-0.25, -0.2) is 0 Å². The van der Waals surface area contributed by atoms with Gasteiger partial charge in [-0.1, -0.05) is 58.0 Å². The quantitative estimate of drug-likeness (QED) is 0.516. The maximum Gasteiger partial charge on any atom is 0.111 e. The third-order valence-electron chi connectivity index (χ3n) is 4.90. The van der Waals surface area contributed by atoms with Gasteiger partial charge < -0.3 is 4.74 Å². The summed E-state index contributed by atoms with van der Waals surface area (Å²) in [4.78, 5) is 2.45. The van der Waals surface area contributed by atoms with Crippen LogP contribution in [0.15, 0.2) is 30.3 Å². The van der Waals surface area contributed by atoms with Gasteiger partial charge in [0.2, 0.25) is 0 Å². The maximum absolute atomic E-state index is 6.54. The molecule has 126 valence electrons. The molecule has 0 fully saturated rings. The molecule has 1 aromatic rings. The first-order valence-electron chi connectivity index (χ1n) is 9.04. The van der Waals surface area contributed by atoms with Crippen molar-refractivity contribution in [2.75, 3.05) is 13.1 Å². The molecule has 0 aliphatic rings. The van der Waals surface area contributed by atoms with E-state index in [1.807, 2.05) is 0 Å². The first kappa shape index (κ1) is 19.2. The zero-order valence-corrected chi connectivity index (χ0v) is 15.3. The number of aryl methyl sites for hydroxylation is 1. The molecule has 2 nitrogen and oxygen atoms in total. The van der Waals surface area contributed by atoms with Gasteiger partial charge in [0, 0.05) is 0 Å². The van der Waals surface area contributed by atoms with Gasteiger partial charge in [0.15, 0.2) is 0 Å². The van der Waals surface area contributed by atoms with Crippen LogP contribution in [0.1, 0.15) is 65.9 Å². The molecule has 1 unspecified atom stereocenters. The minimum absolute atomic E-state index is 0.00000354. The Bertz CT molecular complexity index is 382. The summed E-state index contributed by atoms with van der Waals surface area (Å²) in [5.74, 6) is 0. The molecule has 2 heteroatoms. The second-order valence-corrected chi connectivity index (χ2v) is 6.33. The molecule has 0 spiro atoms. The lowest BCUT2D eigenvalue weighted by Gasteiger charge is -2.38. The van der Waals surface area contributed by atoms with Gasteiger partial charge in [-0.05, 0) is 57.7 Å². The lowest BCUT2D eigenvalue weighted by molar-refractivity contribution is -0.152. The van der Waals surface area contributed by atoms with Crippen LogP contribution in [0.3, 0.4) is 0 Å². The molecule has 1 aromatic carbocycles. The second-order valence-electron chi connectivity index (χ2n) is 6.33. The number of hydrogen-bond donors (Lipinski definition) is 0. The third-order valence-corrected chi connectivity index (χ3v) is 4.90. The molecule has 0 aliphatic heterocycles. The Balaban J connectivity index is 2.61. The SMILES string of the molecule is CCN(CC)C(CCCc1ccccc1)OC(C)(CC)CC. The third kappa shape index (κ3) is 6.10. The normalized spacial score (nSPS) is 13.5. The van der Waals surface area contributed by atoms with Gasteiger partial charge >= 0.3 is 0 Å². The van der Waals surface area contributed by atoms with Crippen molar-refractivity contribution >= 4 is 0 Å². The van der Waals surface area contributed by atoms with E-state index in [0.29, 0.717) is 0 Å². The number of rotatable bonds is 11. The summed E-state index contributed by atoms with van der Waals surface area (Å²) in [5.41, 5.74) is 1.43. The number of hydrogen-bond acceptors (Lipinski definition) is 2. The number of benzene rings is 1. The summed E-state index contributed by atoms with van der Waals surface area (Å²) in [5, 5.41) is 0. The molecule has 0 N–H and O–H groups in total. The van der Waals surface area contributed by atoms with E-state index in [9.17, 15) is 0 Å². The highest BCUT2D eigenvalue weighted by atomic mass is 16.5. The Kier molecular flexibility index (Phi) is 8.74. The van der Waals surface area contributed by atoms with E-state index in [4.69, 9.17) is 4.74 Å². The Labute approximate surface area is 137 Å². The van der Waals surface area contributed by atoms with Crippen molar-refractivity contribution in [3.05, 3.63) is 35.9 Å². The molecule has 0 saturated carbocycles. The molecule has 22 heavy (non-hydrogen) atoms. The van der Waals surface area contributed by atoms with Gasteiger partial charge in [0.05, 0.1) is 5.60 Å². The van der Waals surface area contributed by atoms with Crippen LogP contribution >= 0.6 is 0 Å². The summed E-state index contributed by atoms with van der Waals surface area (Å²) in [7, 11) is 0. The molecule has 0 bridgehead atoms. The minimum Gasteiger partial charge on any atom is -0.357 e. The molecule has 1 rings (SSSR count). The van der Waals surface area contributed by atoms with Crippen molar-refractivity contribution in [2.24, 2.45) is 0 Å². The maximum atomic E-state index is 6.54. The monoisotopic (exact) mass is 305 g/mol. The van der Waals surface area contributed by atoms with Crippen LogP contribution in [0.5, 0.6) is 0 Å². The molecule has 1 atom stereocenters. The van der Waals surface area contributed by atoms with E-state index in [1.165, 1.54) is 12.0 Å². The van der Waals surface area contributed by atoms with Crippen LogP contribution in [0, 0.1) is 0 Å². The largest absolute Gasteiger partial charge is 0.357 e. The van der Waals surface area contributed by atoms with E-state index in [1.54, 1.807) is 0 Å². The molecule has 0 heterocycles. The Hall–Kier alpha value is -0.860. The van der Waals surface area contributed by atoms with Crippen LogP contribution in [-0.2, 0) is 11.2 Å². The van der Waals surface area contributed by atoms with Gasteiger partial charge in [0.1, 0.15) is 6.23 Å². The van der Waals surface area contributed by atoms with Crippen molar-refractivity contribution in [1.29, 1.82) is 0 Å². The zero-order valence-electron chi connectivity index (χ0n) is 15.3. The van der Waals surface area contributed by atoms with E-state index in [0.717, 1.165) is 38.8 Å². The van der Waals surface area contributed by atoms with Crippen molar-refractivity contribution in [2.45, 2.75) is 78.6 Å². The van der Waals surface area contributed by atoms with Gasteiger partial charge in [-0.2, -0.15) is 0 Å². The van der Waals surface area contributed by atoms with Crippen LogP contribution in [-0.4, -0.2) is 29.8 Å². The summed E-state index contributed by atoms with van der Waals surface area (Å²) < 4.78 is 6.54. The summed E-state index contributed by atoms with van der Waals surface area (Å²) in [6, 6.07) is 10.8. The smallest absolute Gasteiger partial charge is 0.111 e. The van der Waals surface area contributed by atoms with Gasteiger partial charge in [-0.15, -0.1) is 0 Å². The topological polar surface area (TPSA) is 12.5 Å². The molecule has 0 amide bonds.